The highest BCUT2D eigenvalue weighted by atomic mass is 16.5. The van der Waals surface area contributed by atoms with Gasteiger partial charge in [0.25, 0.3) is 0 Å². The highest BCUT2D eigenvalue weighted by Crippen LogP contribution is 2.31. The summed E-state index contributed by atoms with van der Waals surface area (Å²) in [7, 11) is 0. The fraction of sp³-hybridized carbons (Fsp3) is 0.333. The van der Waals surface area contributed by atoms with E-state index in [1.807, 2.05) is 42.5 Å². The van der Waals surface area contributed by atoms with Gasteiger partial charge in [0.15, 0.2) is 0 Å². The lowest BCUT2D eigenvalue weighted by molar-refractivity contribution is -0.121. The average Bonchev–Trinajstić information content (AvgIpc) is 2.81. The zero-order valence-electron chi connectivity index (χ0n) is 15.2. The van der Waals surface area contributed by atoms with Crippen LogP contribution in [0.2, 0.25) is 0 Å². The first-order valence-corrected chi connectivity index (χ1v) is 9.06. The number of carbonyl (C=O) groups is 2. The summed E-state index contributed by atoms with van der Waals surface area (Å²) in [5.41, 5.74) is 3.71. The van der Waals surface area contributed by atoms with Gasteiger partial charge >= 0.3 is 0 Å². The lowest BCUT2D eigenvalue weighted by Gasteiger charge is -2.22. The van der Waals surface area contributed by atoms with Crippen LogP contribution in [-0.2, 0) is 22.4 Å². The average molecular weight is 352 g/mol. The molecule has 5 nitrogen and oxygen atoms in total. The van der Waals surface area contributed by atoms with E-state index in [1.54, 1.807) is 0 Å². The van der Waals surface area contributed by atoms with Gasteiger partial charge in [-0.2, -0.15) is 0 Å². The summed E-state index contributed by atoms with van der Waals surface area (Å²) in [6.45, 7) is 4.43. The number of nitrogens with one attached hydrogen (secondary N) is 1. The maximum atomic E-state index is 12.7. The Bertz CT molecular complexity index is 794. The molecule has 2 amide bonds. The van der Waals surface area contributed by atoms with Crippen molar-refractivity contribution in [3.05, 3.63) is 53.6 Å². The van der Waals surface area contributed by atoms with Crippen LogP contribution in [0.1, 0.15) is 31.4 Å². The fourth-order valence-corrected chi connectivity index (χ4v) is 3.22. The summed E-state index contributed by atoms with van der Waals surface area (Å²) in [6, 6.07) is 13.4. The summed E-state index contributed by atoms with van der Waals surface area (Å²) in [4.78, 5) is 26.7. The van der Waals surface area contributed by atoms with Crippen LogP contribution in [0.5, 0.6) is 5.75 Å². The molecule has 1 N–H and O–H groups in total. The van der Waals surface area contributed by atoms with Gasteiger partial charge in [0.05, 0.1) is 18.7 Å². The molecule has 0 bridgehead atoms. The van der Waals surface area contributed by atoms with Gasteiger partial charge in [-0.25, -0.2) is 0 Å². The molecular formula is C21H24N2O3. The highest BCUT2D eigenvalue weighted by Gasteiger charge is 2.25. The van der Waals surface area contributed by atoms with Crippen molar-refractivity contribution in [3.63, 3.8) is 0 Å². The molecule has 1 aliphatic heterocycles. The molecule has 1 heterocycles. The first-order chi connectivity index (χ1) is 12.6. The van der Waals surface area contributed by atoms with Gasteiger partial charge in [0.1, 0.15) is 12.3 Å². The van der Waals surface area contributed by atoms with Crippen molar-refractivity contribution in [3.8, 4) is 5.75 Å². The number of nitrogens with zero attached hydrogens (tertiary/aromatic N) is 1. The van der Waals surface area contributed by atoms with E-state index in [0.717, 1.165) is 29.7 Å². The second kappa shape index (κ2) is 8.04. The number of fused-ring (bicyclic) bond motifs is 1. The van der Waals surface area contributed by atoms with Crippen LogP contribution in [0.4, 0.5) is 11.4 Å². The molecule has 2 aromatic rings. The molecule has 1 aliphatic rings. The van der Waals surface area contributed by atoms with E-state index in [4.69, 9.17) is 4.74 Å². The Morgan fingerprint density at radius 3 is 2.46 bits per heavy atom. The Kier molecular flexibility index (Phi) is 5.56. The number of amides is 2. The van der Waals surface area contributed by atoms with Crippen molar-refractivity contribution in [2.75, 3.05) is 23.4 Å². The van der Waals surface area contributed by atoms with E-state index in [0.29, 0.717) is 18.0 Å². The monoisotopic (exact) mass is 352 g/mol. The molecule has 2 aromatic carbocycles. The van der Waals surface area contributed by atoms with Gasteiger partial charge in [0, 0.05) is 5.69 Å². The van der Waals surface area contributed by atoms with E-state index in [-0.39, 0.29) is 24.8 Å². The van der Waals surface area contributed by atoms with E-state index in [9.17, 15) is 9.59 Å². The summed E-state index contributed by atoms with van der Waals surface area (Å²) in [6.07, 6.45) is 1.93. The minimum atomic E-state index is -0.203. The molecule has 0 fully saturated rings. The van der Waals surface area contributed by atoms with Crippen molar-refractivity contribution in [2.45, 2.75) is 33.1 Å². The number of rotatable bonds is 5. The first-order valence-electron chi connectivity index (χ1n) is 9.06. The summed E-state index contributed by atoms with van der Waals surface area (Å²) in [5.74, 6) is 0.324. The molecule has 0 saturated heterocycles. The molecule has 3 rings (SSSR count). The van der Waals surface area contributed by atoms with Gasteiger partial charge in [-0.05, 0) is 36.1 Å². The lowest BCUT2D eigenvalue weighted by atomic mass is 10.0. The number of benzene rings is 2. The van der Waals surface area contributed by atoms with E-state index >= 15 is 0 Å². The minimum Gasteiger partial charge on any atom is -0.491 e. The topological polar surface area (TPSA) is 58.6 Å². The predicted octanol–water partition coefficient (Wildman–Crippen LogP) is 3.57. The first kappa shape index (κ1) is 18.0. The smallest absolute Gasteiger partial charge is 0.244 e. The Balaban J connectivity index is 1.83. The normalized spacial score (nSPS) is 13.6. The molecule has 136 valence electrons. The molecule has 26 heavy (non-hydrogen) atoms. The maximum Gasteiger partial charge on any atom is 0.244 e. The zero-order chi connectivity index (χ0) is 18.5. The predicted molar refractivity (Wildman–Crippen MR) is 103 cm³/mol. The molecular weight excluding hydrogens is 328 g/mol. The number of hydrogen-bond donors (Lipinski definition) is 1. The third-order valence-corrected chi connectivity index (χ3v) is 4.60. The third kappa shape index (κ3) is 3.72. The Morgan fingerprint density at radius 1 is 1.08 bits per heavy atom. The quantitative estimate of drug-likeness (QED) is 0.895. The second-order valence-corrected chi connectivity index (χ2v) is 6.25. The van der Waals surface area contributed by atoms with Gasteiger partial charge in [-0.1, -0.05) is 44.2 Å². The summed E-state index contributed by atoms with van der Waals surface area (Å²) >= 11 is 0. The number of carbonyl (C=O) groups excluding carboxylic acids is 2. The molecule has 0 aliphatic carbocycles. The standard InChI is InChI=1S/C21H24N2O3/c1-3-15-8-7-9-16(4-2)21(15)22-19(24)14-23-17-10-5-6-11-18(17)26-13-12-20(23)25/h5-11H,3-4,12-14H2,1-2H3,(H,22,24). The van der Waals surface area contributed by atoms with Crippen LogP contribution in [0, 0.1) is 0 Å². The van der Waals surface area contributed by atoms with Crippen molar-refractivity contribution in [2.24, 2.45) is 0 Å². The Labute approximate surface area is 154 Å². The third-order valence-electron chi connectivity index (χ3n) is 4.60. The molecule has 0 spiro atoms. The molecule has 5 heteroatoms. The van der Waals surface area contributed by atoms with Gasteiger partial charge in [-0.3, -0.25) is 14.5 Å². The van der Waals surface area contributed by atoms with Crippen LogP contribution in [0.3, 0.4) is 0 Å². The van der Waals surface area contributed by atoms with Crippen LogP contribution in [0.25, 0.3) is 0 Å². The summed E-state index contributed by atoms with van der Waals surface area (Å²) < 4.78 is 5.63. The Morgan fingerprint density at radius 2 is 1.77 bits per heavy atom. The van der Waals surface area contributed by atoms with E-state index in [1.165, 1.54) is 4.90 Å². The molecule has 0 radical (unpaired) electrons. The van der Waals surface area contributed by atoms with Crippen molar-refractivity contribution in [1.29, 1.82) is 0 Å². The number of para-hydroxylation sites is 3. The van der Waals surface area contributed by atoms with E-state index in [2.05, 4.69) is 19.2 Å². The molecule has 0 aromatic heterocycles. The number of aryl methyl sites for hydroxylation is 2. The van der Waals surface area contributed by atoms with E-state index < -0.39 is 0 Å². The Hall–Kier alpha value is -2.82. The number of anilines is 2. The van der Waals surface area contributed by atoms with Crippen LogP contribution < -0.4 is 15.0 Å². The minimum absolute atomic E-state index is 0.0274. The van der Waals surface area contributed by atoms with Gasteiger partial charge in [-0.15, -0.1) is 0 Å². The number of hydrogen-bond acceptors (Lipinski definition) is 3. The van der Waals surface area contributed by atoms with Crippen LogP contribution in [0.15, 0.2) is 42.5 Å². The molecule has 0 saturated carbocycles. The second-order valence-electron chi connectivity index (χ2n) is 6.25. The van der Waals surface area contributed by atoms with Gasteiger partial charge < -0.3 is 10.1 Å². The maximum absolute atomic E-state index is 12.7. The lowest BCUT2D eigenvalue weighted by Crippen LogP contribution is -2.38. The largest absolute Gasteiger partial charge is 0.491 e. The van der Waals surface area contributed by atoms with Crippen LogP contribution >= 0.6 is 0 Å². The molecule has 0 unspecified atom stereocenters. The number of ether oxygens (including phenoxy) is 1. The fourth-order valence-electron chi connectivity index (χ4n) is 3.22. The van der Waals surface area contributed by atoms with Crippen molar-refractivity contribution in [1.82, 2.24) is 0 Å². The van der Waals surface area contributed by atoms with Crippen molar-refractivity contribution < 1.29 is 14.3 Å². The highest BCUT2D eigenvalue weighted by molar-refractivity contribution is 6.04. The summed E-state index contributed by atoms with van der Waals surface area (Å²) in [5, 5.41) is 3.03. The van der Waals surface area contributed by atoms with Gasteiger partial charge in [0.2, 0.25) is 11.8 Å². The van der Waals surface area contributed by atoms with Crippen molar-refractivity contribution >= 4 is 23.2 Å². The SMILES string of the molecule is CCc1cccc(CC)c1NC(=O)CN1C(=O)CCOc2ccccc21. The van der Waals surface area contributed by atoms with Crippen LogP contribution in [-0.4, -0.2) is 25.0 Å². The zero-order valence-corrected chi connectivity index (χ0v) is 15.2. The molecule has 0 atom stereocenters.